The molecule has 3 aromatic carbocycles. The van der Waals surface area contributed by atoms with Crippen molar-refractivity contribution in [1.29, 1.82) is 0 Å². The van der Waals surface area contributed by atoms with Gasteiger partial charge in [0, 0.05) is 6.07 Å². The van der Waals surface area contributed by atoms with Crippen LogP contribution >= 0.6 is 11.3 Å². The van der Waals surface area contributed by atoms with E-state index in [1.54, 1.807) is 25.3 Å². The van der Waals surface area contributed by atoms with E-state index in [1.165, 1.54) is 18.4 Å². The Balaban J connectivity index is 1.68. The van der Waals surface area contributed by atoms with E-state index in [0.717, 1.165) is 28.1 Å². The van der Waals surface area contributed by atoms with Gasteiger partial charge in [0.15, 0.2) is 0 Å². The summed E-state index contributed by atoms with van der Waals surface area (Å²) in [4.78, 5) is 4.62. The number of aromatic hydroxyl groups is 1. The quantitative estimate of drug-likeness (QED) is 0.322. The minimum absolute atomic E-state index is 0.301. The highest BCUT2D eigenvalue weighted by Gasteiger charge is 2.34. The Labute approximate surface area is 184 Å². The molecule has 0 spiro atoms. The summed E-state index contributed by atoms with van der Waals surface area (Å²) in [6.07, 6.45) is -4.68. The number of hydrogen-bond acceptors (Lipinski definition) is 7. The molecule has 164 valence electrons. The predicted molar refractivity (Wildman–Crippen MR) is 115 cm³/mol. The van der Waals surface area contributed by atoms with E-state index in [0.29, 0.717) is 28.1 Å². The van der Waals surface area contributed by atoms with E-state index in [1.807, 2.05) is 18.2 Å². The first-order chi connectivity index (χ1) is 15.3. The summed E-state index contributed by atoms with van der Waals surface area (Å²) in [6, 6.07) is 13.3. The maximum absolute atomic E-state index is 13.2. The average molecular weight is 459 g/mol. The Morgan fingerprint density at radius 1 is 0.938 bits per heavy atom. The SMILES string of the molecule is COc1ccc2nc(-c3ccc(/N=N/c4ccc(O)cc4C(F)(F)F)cc3OC)sc2c1. The largest absolute Gasteiger partial charge is 0.508 e. The molecule has 0 aliphatic heterocycles. The van der Waals surface area contributed by atoms with Crippen molar-refractivity contribution in [3.8, 4) is 27.8 Å². The Morgan fingerprint density at radius 3 is 2.47 bits per heavy atom. The van der Waals surface area contributed by atoms with Crippen molar-refractivity contribution in [1.82, 2.24) is 4.98 Å². The van der Waals surface area contributed by atoms with Crippen LogP contribution in [-0.2, 0) is 6.18 Å². The third-order valence-corrected chi connectivity index (χ3v) is 5.62. The number of thiazole rings is 1. The van der Waals surface area contributed by atoms with Gasteiger partial charge >= 0.3 is 6.18 Å². The van der Waals surface area contributed by atoms with Gasteiger partial charge in [-0.3, -0.25) is 0 Å². The molecule has 6 nitrogen and oxygen atoms in total. The maximum atomic E-state index is 13.2. The Bertz CT molecular complexity index is 1320. The van der Waals surface area contributed by atoms with Crippen LogP contribution in [0.15, 0.2) is 64.8 Å². The van der Waals surface area contributed by atoms with Gasteiger partial charge in [-0.2, -0.15) is 18.3 Å². The zero-order valence-electron chi connectivity index (χ0n) is 16.8. The van der Waals surface area contributed by atoms with E-state index < -0.39 is 23.2 Å². The molecule has 0 fully saturated rings. The number of benzene rings is 3. The number of nitrogens with zero attached hydrogens (tertiary/aromatic N) is 3. The van der Waals surface area contributed by atoms with E-state index >= 15 is 0 Å². The lowest BCUT2D eigenvalue weighted by atomic mass is 10.1. The van der Waals surface area contributed by atoms with Gasteiger partial charge in [-0.05, 0) is 48.5 Å². The third-order valence-electron chi connectivity index (χ3n) is 4.57. The summed E-state index contributed by atoms with van der Waals surface area (Å²) in [6.45, 7) is 0. The molecule has 0 amide bonds. The van der Waals surface area contributed by atoms with Gasteiger partial charge in [0.2, 0.25) is 0 Å². The first kappa shape index (κ1) is 21.6. The minimum Gasteiger partial charge on any atom is -0.508 e. The first-order valence-electron chi connectivity index (χ1n) is 9.23. The minimum atomic E-state index is -4.68. The second kappa shape index (κ2) is 8.46. The number of hydrogen-bond donors (Lipinski definition) is 1. The first-order valence-corrected chi connectivity index (χ1v) is 10.0. The standard InChI is InChI=1S/C22H16F3N3O3S/c1-30-14-5-8-18-20(11-14)32-21(26-18)15-6-3-12(9-19(15)31-2)27-28-17-7-4-13(29)10-16(17)22(23,24)25/h3-11,29H,1-2H3/b28-27+. The summed E-state index contributed by atoms with van der Waals surface area (Å²) in [5.74, 6) is 0.674. The second-order valence-electron chi connectivity index (χ2n) is 6.64. The van der Waals surface area contributed by atoms with Gasteiger partial charge in [0.25, 0.3) is 0 Å². The van der Waals surface area contributed by atoms with Crippen molar-refractivity contribution in [2.24, 2.45) is 10.2 Å². The van der Waals surface area contributed by atoms with Crippen LogP contribution in [0.3, 0.4) is 0 Å². The van der Waals surface area contributed by atoms with Crippen LogP contribution in [0.5, 0.6) is 17.2 Å². The lowest BCUT2D eigenvalue weighted by molar-refractivity contribution is -0.137. The lowest BCUT2D eigenvalue weighted by Gasteiger charge is -2.09. The molecule has 0 aliphatic carbocycles. The molecule has 0 unspecified atom stereocenters. The van der Waals surface area contributed by atoms with Crippen LogP contribution in [0, 0.1) is 0 Å². The van der Waals surface area contributed by atoms with Crippen LogP contribution in [0.1, 0.15) is 5.56 Å². The highest BCUT2D eigenvalue weighted by atomic mass is 32.1. The molecule has 4 aromatic rings. The topological polar surface area (TPSA) is 76.3 Å². The molecule has 1 N–H and O–H groups in total. The predicted octanol–water partition coefficient (Wildman–Crippen LogP) is 7.12. The zero-order chi connectivity index (χ0) is 22.9. The fourth-order valence-electron chi connectivity index (χ4n) is 3.02. The molecular formula is C22H16F3N3O3S. The molecule has 4 rings (SSSR count). The van der Waals surface area contributed by atoms with Crippen molar-refractivity contribution in [2.45, 2.75) is 6.18 Å². The van der Waals surface area contributed by atoms with E-state index in [4.69, 9.17) is 9.47 Å². The fourth-order valence-corrected chi connectivity index (χ4v) is 4.04. The monoisotopic (exact) mass is 459 g/mol. The second-order valence-corrected chi connectivity index (χ2v) is 7.67. The molecule has 0 bridgehead atoms. The fraction of sp³-hybridized carbons (Fsp3) is 0.136. The van der Waals surface area contributed by atoms with Crippen molar-refractivity contribution < 1.29 is 27.8 Å². The Morgan fingerprint density at radius 2 is 1.75 bits per heavy atom. The molecule has 1 heterocycles. The van der Waals surface area contributed by atoms with Crippen LogP contribution in [0.2, 0.25) is 0 Å². The van der Waals surface area contributed by atoms with E-state index in [-0.39, 0.29) is 0 Å². The number of halogens is 3. The van der Waals surface area contributed by atoms with Crippen molar-refractivity contribution in [3.63, 3.8) is 0 Å². The molecule has 0 aliphatic rings. The molecule has 0 radical (unpaired) electrons. The third kappa shape index (κ3) is 4.35. The highest BCUT2D eigenvalue weighted by Crippen LogP contribution is 2.41. The van der Waals surface area contributed by atoms with Crippen molar-refractivity contribution in [3.05, 3.63) is 60.2 Å². The molecular weight excluding hydrogens is 443 g/mol. The molecule has 10 heteroatoms. The van der Waals surface area contributed by atoms with E-state index in [2.05, 4.69) is 15.2 Å². The number of phenols is 1. The van der Waals surface area contributed by atoms with Crippen LogP contribution in [0.25, 0.3) is 20.8 Å². The Hall–Kier alpha value is -3.66. The van der Waals surface area contributed by atoms with Gasteiger partial charge in [-0.15, -0.1) is 16.5 Å². The van der Waals surface area contributed by atoms with Gasteiger partial charge in [0.1, 0.15) is 22.3 Å². The zero-order valence-corrected chi connectivity index (χ0v) is 17.7. The van der Waals surface area contributed by atoms with Crippen molar-refractivity contribution in [2.75, 3.05) is 14.2 Å². The number of azo groups is 1. The molecule has 0 saturated carbocycles. The van der Waals surface area contributed by atoms with Crippen LogP contribution in [-0.4, -0.2) is 24.3 Å². The lowest BCUT2D eigenvalue weighted by Crippen LogP contribution is -2.04. The summed E-state index contributed by atoms with van der Waals surface area (Å²) < 4.78 is 51.2. The summed E-state index contributed by atoms with van der Waals surface area (Å²) >= 11 is 1.46. The number of phenolic OH excluding ortho intramolecular Hbond substituents is 1. The molecule has 32 heavy (non-hydrogen) atoms. The van der Waals surface area contributed by atoms with Gasteiger partial charge in [-0.1, -0.05) is 0 Å². The molecule has 0 atom stereocenters. The van der Waals surface area contributed by atoms with Crippen LogP contribution in [0.4, 0.5) is 24.5 Å². The number of alkyl halides is 3. The smallest absolute Gasteiger partial charge is 0.418 e. The average Bonchev–Trinajstić information content (AvgIpc) is 3.20. The van der Waals surface area contributed by atoms with E-state index in [9.17, 15) is 18.3 Å². The Kier molecular flexibility index (Phi) is 5.70. The summed E-state index contributed by atoms with van der Waals surface area (Å²) in [5.41, 5.74) is 0.346. The summed E-state index contributed by atoms with van der Waals surface area (Å²) in [7, 11) is 3.08. The van der Waals surface area contributed by atoms with Crippen molar-refractivity contribution >= 4 is 32.9 Å². The van der Waals surface area contributed by atoms with Crippen LogP contribution < -0.4 is 9.47 Å². The highest BCUT2D eigenvalue weighted by molar-refractivity contribution is 7.21. The molecule has 0 saturated heterocycles. The number of fused-ring (bicyclic) bond motifs is 1. The normalized spacial score (nSPS) is 11.9. The summed E-state index contributed by atoms with van der Waals surface area (Å²) in [5, 5.41) is 17.7. The molecule has 1 aromatic heterocycles. The van der Waals surface area contributed by atoms with Gasteiger partial charge in [-0.25, -0.2) is 4.98 Å². The number of aromatic nitrogens is 1. The number of methoxy groups -OCH3 is 2. The van der Waals surface area contributed by atoms with Gasteiger partial charge < -0.3 is 14.6 Å². The maximum Gasteiger partial charge on any atom is 0.418 e. The number of rotatable bonds is 5. The van der Waals surface area contributed by atoms with Gasteiger partial charge in [0.05, 0.1) is 46.9 Å². The number of ether oxygens (including phenoxy) is 2.